The summed E-state index contributed by atoms with van der Waals surface area (Å²) >= 11 is 11.9. The van der Waals surface area contributed by atoms with Gasteiger partial charge in [-0.05, 0) is 71.8 Å². The van der Waals surface area contributed by atoms with Crippen molar-refractivity contribution in [3.63, 3.8) is 0 Å². The van der Waals surface area contributed by atoms with Crippen LogP contribution in [-0.2, 0) is 9.53 Å². The summed E-state index contributed by atoms with van der Waals surface area (Å²) in [4.78, 5) is 24.6. The summed E-state index contributed by atoms with van der Waals surface area (Å²) < 4.78 is 18.0. The molecule has 0 aliphatic carbocycles. The lowest BCUT2D eigenvalue weighted by Crippen LogP contribution is -2.49. The van der Waals surface area contributed by atoms with Gasteiger partial charge in [0, 0.05) is 11.1 Å². The highest BCUT2D eigenvalue weighted by Gasteiger charge is 2.14. The van der Waals surface area contributed by atoms with E-state index < -0.39 is 11.8 Å². The average Bonchev–Trinajstić information content (AvgIpc) is 2.74. The number of hydrazine groups is 1. The maximum atomic E-state index is 12.5. The topological polar surface area (TPSA) is 97.9 Å². The summed E-state index contributed by atoms with van der Waals surface area (Å²) in [6.07, 6.45) is 0. The zero-order valence-electron chi connectivity index (χ0n) is 17.5. The van der Waals surface area contributed by atoms with Crippen LogP contribution in [0, 0.1) is 6.92 Å². The van der Waals surface area contributed by atoms with Gasteiger partial charge < -0.3 is 14.2 Å². The first kappa shape index (κ1) is 26.0. The quantitative estimate of drug-likeness (QED) is 0.234. The molecule has 3 N–H and O–H groups in total. The Bertz CT molecular complexity index is 951. The van der Waals surface area contributed by atoms with Crippen LogP contribution in [0.5, 0.6) is 11.5 Å². The summed E-state index contributed by atoms with van der Waals surface area (Å²) in [5.74, 6) is 0.00505. The van der Waals surface area contributed by atoms with Crippen molar-refractivity contribution in [1.29, 1.82) is 0 Å². The van der Waals surface area contributed by atoms with Gasteiger partial charge in [0.25, 0.3) is 11.8 Å². The predicted molar refractivity (Wildman–Crippen MR) is 132 cm³/mol. The summed E-state index contributed by atoms with van der Waals surface area (Å²) in [6, 6.07) is 10.5. The van der Waals surface area contributed by atoms with Crippen molar-refractivity contribution in [3.8, 4) is 11.5 Å². The fourth-order valence-electron chi connectivity index (χ4n) is 2.51. The number of carbonyl (C=O) groups excluding carboxylic acids is 2. The highest BCUT2D eigenvalue weighted by Crippen LogP contribution is 2.32. The summed E-state index contributed by atoms with van der Waals surface area (Å²) in [5, 5.41) is 2.42. The third-order valence-corrected chi connectivity index (χ3v) is 5.16. The first-order valence-corrected chi connectivity index (χ1v) is 11.6. The molecule has 32 heavy (non-hydrogen) atoms. The van der Waals surface area contributed by atoms with Crippen molar-refractivity contribution in [2.45, 2.75) is 13.8 Å². The Morgan fingerprint density at radius 1 is 1.06 bits per heavy atom. The van der Waals surface area contributed by atoms with E-state index in [9.17, 15) is 9.59 Å². The molecule has 0 saturated carbocycles. The maximum absolute atomic E-state index is 12.5. The summed E-state index contributed by atoms with van der Waals surface area (Å²) in [6.45, 7) is 4.82. The Morgan fingerprint density at radius 2 is 1.81 bits per heavy atom. The van der Waals surface area contributed by atoms with Crippen LogP contribution < -0.4 is 25.6 Å². The normalized spacial score (nSPS) is 10.2. The Labute approximate surface area is 208 Å². The van der Waals surface area contributed by atoms with E-state index in [4.69, 9.17) is 26.4 Å². The molecule has 0 aromatic heterocycles. The number of ether oxygens (including phenoxy) is 3. The van der Waals surface area contributed by atoms with Crippen molar-refractivity contribution >= 4 is 61.0 Å². The van der Waals surface area contributed by atoms with Gasteiger partial charge in [0.2, 0.25) is 0 Å². The molecule has 11 heteroatoms. The smallest absolute Gasteiger partial charge is 0.276 e. The molecule has 0 aliphatic heterocycles. The van der Waals surface area contributed by atoms with E-state index >= 15 is 0 Å². The molecule has 0 spiro atoms. The molecule has 2 aromatic rings. The number of hydrogen-bond donors (Lipinski definition) is 3. The first-order valence-electron chi connectivity index (χ1n) is 9.60. The number of nitrogens with one attached hydrogen (secondary N) is 3. The van der Waals surface area contributed by atoms with Crippen LogP contribution in [0.3, 0.4) is 0 Å². The van der Waals surface area contributed by atoms with Crippen LogP contribution in [0.2, 0.25) is 0 Å². The highest BCUT2D eigenvalue weighted by molar-refractivity contribution is 9.11. The van der Waals surface area contributed by atoms with Gasteiger partial charge in [-0.1, -0.05) is 28.1 Å². The number of amides is 2. The van der Waals surface area contributed by atoms with E-state index in [0.717, 1.165) is 14.5 Å². The fourth-order valence-corrected chi connectivity index (χ4v) is 4.21. The first-order chi connectivity index (χ1) is 15.3. The van der Waals surface area contributed by atoms with Crippen LogP contribution in [0.4, 0.5) is 0 Å². The monoisotopic (exact) mass is 587 g/mol. The molecular weight excluding hydrogens is 566 g/mol. The molecule has 0 unspecified atom stereocenters. The number of hydrogen-bond acceptors (Lipinski definition) is 6. The van der Waals surface area contributed by atoms with E-state index in [2.05, 4.69) is 48.0 Å². The molecule has 2 aromatic carbocycles. The van der Waals surface area contributed by atoms with Gasteiger partial charge in [-0.25, -0.2) is 0 Å². The van der Waals surface area contributed by atoms with E-state index in [1.54, 1.807) is 24.3 Å². The van der Waals surface area contributed by atoms with E-state index in [0.29, 0.717) is 36.9 Å². The second kappa shape index (κ2) is 13.4. The molecule has 8 nitrogen and oxygen atoms in total. The molecule has 0 saturated heterocycles. The van der Waals surface area contributed by atoms with Crippen LogP contribution in [-0.4, -0.2) is 43.4 Å². The molecule has 172 valence electrons. The number of para-hydroxylation sites is 1. The molecule has 0 fully saturated rings. The van der Waals surface area contributed by atoms with Crippen LogP contribution in [0.15, 0.2) is 45.3 Å². The summed E-state index contributed by atoms with van der Waals surface area (Å²) in [5.41, 5.74) is 6.02. The molecule has 2 amide bonds. The lowest BCUT2D eigenvalue weighted by molar-refractivity contribution is -0.123. The van der Waals surface area contributed by atoms with Crippen molar-refractivity contribution in [2.24, 2.45) is 0 Å². The fraction of sp³-hybridized carbons (Fsp3) is 0.286. The van der Waals surface area contributed by atoms with Crippen molar-refractivity contribution in [3.05, 3.63) is 56.5 Å². The van der Waals surface area contributed by atoms with Crippen molar-refractivity contribution in [2.75, 3.05) is 26.4 Å². The minimum atomic E-state index is -0.477. The molecular formula is C21H23Br2N3O5S. The zero-order chi connectivity index (χ0) is 23.5. The van der Waals surface area contributed by atoms with E-state index in [-0.39, 0.29) is 11.7 Å². The zero-order valence-corrected chi connectivity index (χ0v) is 21.5. The predicted octanol–water partition coefficient (Wildman–Crippen LogP) is 3.65. The number of carbonyl (C=O) groups is 2. The van der Waals surface area contributed by atoms with Crippen molar-refractivity contribution < 1.29 is 23.8 Å². The van der Waals surface area contributed by atoms with Gasteiger partial charge in [0.1, 0.15) is 18.1 Å². The standard InChI is InChI=1S/C21H23Br2N3O5S/c1-3-29-8-9-30-17-7-5-4-6-15(17)20(28)24-21(32)26-25-18(27)12-31-19-13(2)10-14(22)11-16(19)23/h4-7,10-11H,3,8-9,12H2,1-2H3,(H,25,27)(H2,24,26,28,32). The minimum Gasteiger partial charge on any atom is -0.490 e. The van der Waals surface area contributed by atoms with Crippen molar-refractivity contribution in [1.82, 2.24) is 16.2 Å². The van der Waals surface area contributed by atoms with Gasteiger partial charge in [0.05, 0.1) is 16.6 Å². The van der Waals surface area contributed by atoms with Gasteiger partial charge in [-0.3, -0.25) is 25.8 Å². The third-order valence-electron chi connectivity index (χ3n) is 3.91. The average molecular weight is 589 g/mol. The van der Waals surface area contributed by atoms with Crippen LogP contribution in [0.1, 0.15) is 22.8 Å². The van der Waals surface area contributed by atoms with Gasteiger partial charge >= 0.3 is 0 Å². The molecule has 2 rings (SSSR count). The summed E-state index contributed by atoms with van der Waals surface area (Å²) in [7, 11) is 0. The molecule has 0 aliphatic rings. The number of aryl methyl sites for hydroxylation is 1. The van der Waals surface area contributed by atoms with E-state index in [1.165, 1.54) is 0 Å². The number of benzene rings is 2. The minimum absolute atomic E-state index is 0.0755. The maximum Gasteiger partial charge on any atom is 0.276 e. The number of thiocarbonyl (C=S) groups is 1. The number of rotatable bonds is 9. The SMILES string of the molecule is CCOCCOc1ccccc1C(=O)NC(=S)NNC(=O)COc1c(C)cc(Br)cc1Br. The largest absolute Gasteiger partial charge is 0.490 e. The van der Waals surface area contributed by atoms with Crippen LogP contribution in [0.25, 0.3) is 0 Å². The molecule has 0 bridgehead atoms. The second-order valence-electron chi connectivity index (χ2n) is 6.32. The van der Waals surface area contributed by atoms with Gasteiger partial charge in [0.15, 0.2) is 11.7 Å². The third kappa shape index (κ3) is 8.38. The molecule has 0 radical (unpaired) electrons. The van der Waals surface area contributed by atoms with Gasteiger partial charge in [-0.2, -0.15) is 0 Å². The Kier molecular flexibility index (Phi) is 10.9. The lowest BCUT2D eigenvalue weighted by atomic mass is 10.2. The highest BCUT2D eigenvalue weighted by atomic mass is 79.9. The Hall–Kier alpha value is -2.21. The van der Waals surface area contributed by atoms with E-state index in [1.807, 2.05) is 26.0 Å². The molecule has 0 heterocycles. The van der Waals surface area contributed by atoms with Crippen LogP contribution >= 0.6 is 44.1 Å². The number of halogens is 2. The molecule has 0 atom stereocenters. The Morgan fingerprint density at radius 3 is 2.53 bits per heavy atom. The second-order valence-corrected chi connectivity index (χ2v) is 8.50. The Balaban J connectivity index is 1.82. The lowest BCUT2D eigenvalue weighted by Gasteiger charge is -2.14. The van der Waals surface area contributed by atoms with Gasteiger partial charge in [-0.15, -0.1) is 0 Å².